The summed E-state index contributed by atoms with van der Waals surface area (Å²) >= 11 is 0.982. The van der Waals surface area contributed by atoms with Crippen LogP contribution in [0.15, 0.2) is 18.3 Å². The van der Waals surface area contributed by atoms with Crippen molar-refractivity contribution in [2.45, 2.75) is 79.8 Å². The lowest BCUT2D eigenvalue weighted by molar-refractivity contribution is -0.180. The van der Waals surface area contributed by atoms with Crippen LogP contribution in [0.1, 0.15) is 45.6 Å². The van der Waals surface area contributed by atoms with Gasteiger partial charge in [-0.15, -0.1) is 5.10 Å². The zero-order valence-corrected chi connectivity index (χ0v) is 21.0. The lowest BCUT2D eigenvalue weighted by Gasteiger charge is -2.54. The van der Waals surface area contributed by atoms with Crippen LogP contribution in [0.25, 0.3) is 11.3 Å². The fraction of sp³-hybridized carbons (Fsp3) is 0.609. The molecule has 1 aromatic carbocycles. The van der Waals surface area contributed by atoms with Gasteiger partial charge in [0, 0.05) is 12.5 Å². The van der Waals surface area contributed by atoms with Crippen LogP contribution in [0.3, 0.4) is 0 Å². The number of rotatable bonds is 8. The van der Waals surface area contributed by atoms with Crippen molar-refractivity contribution in [1.82, 2.24) is 20.3 Å². The molecule has 1 aromatic heterocycles. The molecule has 14 heteroatoms. The number of carbonyl (C=O) groups excluding carboxylic acids is 1. The zero-order valence-electron chi connectivity index (χ0n) is 20.1. The van der Waals surface area contributed by atoms with Gasteiger partial charge in [-0.05, 0) is 37.8 Å². The molecule has 0 radical (unpaired) electrons. The second kappa shape index (κ2) is 10.5. The van der Waals surface area contributed by atoms with Crippen molar-refractivity contribution in [3.8, 4) is 11.3 Å². The Morgan fingerprint density at radius 3 is 2.43 bits per heavy atom. The van der Waals surface area contributed by atoms with Gasteiger partial charge in [-0.1, -0.05) is 23.9 Å². The summed E-state index contributed by atoms with van der Waals surface area (Å²) in [6.07, 6.45) is -1.05. The number of aliphatic hydroxyl groups is 4. The van der Waals surface area contributed by atoms with Gasteiger partial charge in [-0.25, -0.2) is 17.9 Å². The molecule has 204 valence electrons. The highest BCUT2D eigenvalue weighted by atomic mass is 32.2. The van der Waals surface area contributed by atoms with Crippen LogP contribution in [0.5, 0.6) is 0 Å². The Labute approximate surface area is 214 Å². The molecular weight excluding hydrogens is 517 g/mol. The third-order valence-electron chi connectivity index (χ3n) is 7.07. The monoisotopic (exact) mass is 546 g/mol. The normalized spacial score (nSPS) is 28.8. The molecule has 6 atom stereocenters. The van der Waals surface area contributed by atoms with Gasteiger partial charge in [0.05, 0.1) is 18.4 Å². The molecule has 10 nitrogen and oxygen atoms in total. The Balaban J connectivity index is 1.67. The molecule has 0 bridgehead atoms. The van der Waals surface area contributed by atoms with Gasteiger partial charge < -0.3 is 30.5 Å². The Morgan fingerprint density at radius 2 is 1.92 bits per heavy atom. The largest absolute Gasteiger partial charge is 0.394 e. The van der Waals surface area contributed by atoms with Gasteiger partial charge >= 0.3 is 0 Å². The number of halogens is 3. The Bertz CT molecular complexity index is 1130. The molecule has 0 unspecified atom stereocenters. The van der Waals surface area contributed by atoms with Crippen molar-refractivity contribution in [2.75, 3.05) is 6.61 Å². The first-order chi connectivity index (χ1) is 17.4. The molecule has 1 aliphatic heterocycles. The van der Waals surface area contributed by atoms with Crippen LogP contribution in [0, 0.1) is 17.5 Å². The summed E-state index contributed by atoms with van der Waals surface area (Å²) in [7, 11) is 0. The summed E-state index contributed by atoms with van der Waals surface area (Å²) in [4.78, 5) is 10.8. The van der Waals surface area contributed by atoms with E-state index in [-0.39, 0.29) is 17.7 Å². The number of hydrogen-bond donors (Lipinski definition) is 5. The number of amides is 1. The molecule has 37 heavy (non-hydrogen) atoms. The predicted molar refractivity (Wildman–Crippen MR) is 125 cm³/mol. The second-order valence-corrected chi connectivity index (χ2v) is 10.8. The number of ether oxygens (including phenoxy) is 1. The molecule has 1 aliphatic carbocycles. The van der Waals surface area contributed by atoms with Crippen LogP contribution in [-0.4, -0.2) is 82.2 Å². The first-order valence-electron chi connectivity index (χ1n) is 11.8. The third kappa shape index (κ3) is 4.98. The quantitative estimate of drug-likeness (QED) is 0.243. The number of thioether (sulfide) groups is 1. The molecular formula is C23H29F3N4O6S. The molecule has 1 amide bonds. The lowest BCUT2D eigenvalue weighted by atomic mass is 9.73. The number of carbonyl (C=O) groups is 1. The third-order valence-corrected chi connectivity index (χ3v) is 8.86. The molecule has 2 aliphatic rings. The summed E-state index contributed by atoms with van der Waals surface area (Å²) in [6, 6.07) is 0.241. The van der Waals surface area contributed by atoms with Gasteiger partial charge in [0.1, 0.15) is 40.4 Å². The highest BCUT2D eigenvalue weighted by Gasteiger charge is 2.58. The van der Waals surface area contributed by atoms with Gasteiger partial charge in [-0.2, -0.15) is 0 Å². The van der Waals surface area contributed by atoms with E-state index in [2.05, 4.69) is 15.6 Å². The maximum Gasteiger partial charge on any atom is 0.218 e. The number of aromatic nitrogens is 3. The van der Waals surface area contributed by atoms with Crippen LogP contribution < -0.4 is 5.32 Å². The fourth-order valence-corrected chi connectivity index (χ4v) is 6.58. The van der Waals surface area contributed by atoms with E-state index >= 15 is 0 Å². The highest BCUT2D eigenvalue weighted by Crippen LogP contribution is 2.52. The highest BCUT2D eigenvalue weighted by molar-refractivity contribution is 8.01. The van der Waals surface area contributed by atoms with E-state index in [1.807, 2.05) is 0 Å². The van der Waals surface area contributed by atoms with Crippen molar-refractivity contribution in [3.63, 3.8) is 0 Å². The van der Waals surface area contributed by atoms with Crippen LogP contribution in [0.4, 0.5) is 13.2 Å². The van der Waals surface area contributed by atoms with E-state index in [1.54, 1.807) is 6.92 Å². The average molecular weight is 547 g/mol. The van der Waals surface area contributed by atoms with Crippen molar-refractivity contribution in [3.05, 3.63) is 35.8 Å². The van der Waals surface area contributed by atoms with Crippen molar-refractivity contribution >= 4 is 17.7 Å². The summed E-state index contributed by atoms with van der Waals surface area (Å²) in [5, 5.41) is 53.8. The predicted octanol–water partition coefficient (Wildman–Crippen LogP) is 1.23. The second-order valence-electron chi connectivity index (χ2n) is 9.40. The van der Waals surface area contributed by atoms with E-state index in [4.69, 9.17) is 4.74 Å². The SMILES string of the molecule is CC[C@](NC(C)=O)(S[C@@H]1O[C@H](CO)[C@H](O)[C@H](n2cc(-c3cc(F)c(F)c(F)c3)nn2)[C@H]1O)C1(O)CCC1. The summed E-state index contributed by atoms with van der Waals surface area (Å²) < 4.78 is 47.7. The number of nitrogens with one attached hydrogen (secondary N) is 1. The molecule has 1 saturated carbocycles. The summed E-state index contributed by atoms with van der Waals surface area (Å²) in [5.74, 6) is -4.87. The molecule has 2 fully saturated rings. The lowest BCUT2D eigenvalue weighted by Crippen LogP contribution is -2.67. The molecule has 5 N–H and O–H groups in total. The van der Waals surface area contributed by atoms with Crippen LogP contribution >= 0.6 is 11.8 Å². The summed E-state index contributed by atoms with van der Waals surface area (Å²) in [6.45, 7) is 2.46. The standard InChI is InChI=1S/C23H29F3N4O6S/c1-3-23(27-11(2)32,22(35)5-4-6-22)37-21-20(34)18(19(33)16(10-31)36-21)30-9-15(28-29-30)12-7-13(24)17(26)14(25)8-12/h7-9,16,18-21,31,33-35H,3-6,10H2,1-2H3,(H,27,32)/t16-,18+,19+,20-,21+,23+/m1/s1. The Morgan fingerprint density at radius 1 is 1.27 bits per heavy atom. The zero-order chi connectivity index (χ0) is 27.1. The Kier molecular flexibility index (Phi) is 7.89. The topological polar surface area (TPSA) is 150 Å². The van der Waals surface area contributed by atoms with Crippen molar-refractivity contribution in [1.29, 1.82) is 0 Å². The van der Waals surface area contributed by atoms with Crippen LogP contribution in [-0.2, 0) is 9.53 Å². The number of benzene rings is 1. The first-order valence-corrected chi connectivity index (χ1v) is 12.7. The Hall–Kier alpha value is -2.23. The van der Waals surface area contributed by atoms with Gasteiger partial charge in [0.25, 0.3) is 0 Å². The molecule has 2 aromatic rings. The maximum absolute atomic E-state index is 13.7. The van der Waals surface area contributed by atoms with Crippen molar-refractivity contribution in [2.24, 2.45) is 0 Å². The van der Waals surface area contributed by atoms with Crippen LogP contribution in [0.2, 0.25) is 0 Å². The minimum absolute atomic E-state index is 0.0571. The smallest absolute Gasteiger partial charge is 0.218 e. The van der Waals surface area contributed by atoms with Crippen molar-refractivity contribution < 1.29 is 43.1 Å². The summed E-state index contributed by atoms with van der Waals surface area (Å²) in [5.41, 5.74) is -2.58. The van der Waals surface area contributed by atoms with E-state index < -0.39 is 70.2 Å². The van der Waals surface area contributed by atoms with Gasteiger partial charge in [-0.3, -0.25) is 4.79 Å². The molecule has 4 rings (SSSR count). The van der Waals surface area contributed by atoms with Gasteiger partial charge in [0.15, 0.2) is 17.5 Å². The number of aliphatic hydroxyl groups excluding tert-OH is 3. The first kappa shape index (κ1) is 27.8. The van der Waals surface area contributed by atoms with E-state index in [9.17, 15) is 38.4 Å². The maximum atomic E-state index is 13.7. The average Bonchev–Trinajstić information content (AvgIpc) is 3.31. The molecule has 0 spiro atoms. The number of nitrogens with zero attached hydrogens (tertiary/aromatic N) is 3. The fourth-order valence-electron chi connectivity index (χ4n) is 4.89. The number of hydrogen-bond acceptors (Lipinski definition) is 9. The molecule has 2 heterocycles. The van der Waals surface area contributed by atoms with E-state index in [0.29, 0.717) is 12.8 Å². The minimum Gasteiger partial charge on any atom is -0.394 e. The minimum atomic E-state index is -1.64. The van der Waals surface area contributed by atoms with E-state index in [0.717, 1.165) is 35.0 Å². The van der Waals surface area contributed by atoms with E-state index in [1.165, 1.54) is 13.1 Å². The van der Waals surface area contributed by atoms with Gasteiger partial charge in [0.2, 0.25) is 5.91 Å². The molecule has 1 saturated heterocycles.